The van der Waals surface area contributed by atoms with Crippen LogP contribution in [0.2, 0.25) is 0 Å². The van der Waals surface area contributed by atoms with E-state index in [0.717, 1.165) is 12.0 Å². The van der Waals surface area contributed by atoms with Crippen molar-refractivity contribution < 1.29 is 5.11 Å². The van der Waals surface area contributed by atoms with Crippen molar-refractivity contribution in [3.8, 4) is 0 Å². The third kappa shape index (κ3) is 1.26. The van der Waals surface area contributed by atoms with Crippen LogP contribution in [0.5, 0.6) is 0 Å². The Labute approximate surface area is 55.0 Å². The minimum atomic E-state index is 0.0518. The molecule has 0 spiro atoms. The molecule has 1 N–H and O–H groups in total. The lowest BCUT2D eigenvalue weighted by atomic mass is 10.0. The summed E-state index contributed by atoms with van der Waals surface area (Å²) in [6.45, 7) is 5.54. The fourth-order valence-corrected chi connectivity index (χ4v) is 0.786. The summed E-state index contributed by atoms with van der Waals surface area (Å²) in [5, 5.41) is 8.66. The monoisotopic (exact) mass is 121 g/mol. The molecular weight excluding hydrogens is 112 g/mol. The van der Waals surface area contributed by atoms with Crippen molar-refractivity contribution in [1.82, 2.24) is 0 Å². The van der Waals surface area contributed by atoms with Gasteiger partial charge in [0.25, 0.3) is 0 Å². The highest BCUT2D eigenvalue weighted by Crippen LogP contribution is 2.14. The highest BCUT2D eigenvalue weighted by molar-refractivity contribution is 5.39. The molecule has 0 radical (unpaired) electrons. The summed E-state index contributed by atoms with van der Waals surface area (Å²) < 4.78 is 0. The lowest BCUT2D eigenvalue weighted by molar-refractivity contribution is 0.333. The topological polar surface area (TPSA) is 20.2 Å². The van der Waals surface area contributed by atoms with Crippen molar-refractivity contribution in [3.05, 3.63) is 36.0 Å². The zero-order chi connectivity index (χ0) is 6.69. The number of allylic oxidation sites excluding steroid dienone is 3. The third-order valence-corrected chi connectivity index (χ3v) is 1.34. The molecule has 1 nitrogen and oxygen atoms in total. The molecule has 46 valence electrons. The van der Waals surface area contributed by atoms with Gasteiger partial charge in [-0.2, -0.15) is 0 Å². The Hall–Kier alpha value is -0.910. The largest absolute Gasteiger partial charge is 0.379 e. The highest BCUT2D eigenvalue weighted by atomic mass is 16.3. The van der Waals surface area contributed by atoms with Crippen LogP contribution >= 0.6 is 0 Å². The van der Waals surface area contributed by atoms with Crippen LogP contribution in [0.3, 0.4) is 0 Å². The molecule has 1 heteroatoms. The standard InChI is InChI=1S/C8H9O/c1-7-4-2-3-5-8(7)6-9/h1-2,4-5,9H,3,6H2/q+1. The maximum atomic E-state index is 8.66. The van der Waals surface area contributed by atoms with Crippen molar-refractivity contribution >= 4 is 0 Å². The van der Waals surface area contributed by atoms with Gasteiger partial charge in [0.15, 0.2) is 5.57 Å². The fraction of sp³-hybridized carbons (Fsp3) is 0.250. The van der Waals surface area contributed by atoms with Crippen LogP contribution < -0.4 is 0 Å². The number of aliphatic hydroxyl groups is 1. The summed E-state index contributed by atoms with van der Waals surface area (Å²) in [4.78, 5) is 0. The maximum absolute atomic E-state index is 8.66. The van der Waals surface area contributed by atoms with E-state index in [-0.39, 0.29) is 6.61 Å². The van der Waals surface area contributed by atoms with E-state index in [0.29, 0.717) is 5.57 Å². The van der Waals surface area contributed by atoms with Crippen LogP contribution in [-0.2, 0) is 0 Å². The van der Waals surface area contributed by atoms with E-state index < -0.39 is 0 Å². The molecule has 0 bridgehead atoms. The van der Waals surface area contributed by atoms with E-state index in [4.69, 9.17) is 11.7 Å². The maximum Gasteiger partial charge on any atom is 0.185 e. The van der Waals surface area contributed by atoms with Gasteiger partial charge in [-0.1, -0.05) is 0 Å². The molecule has 1 aliphatic carbocycles. The third-order valence-electron chi connectivity index (χ3n) is 1.34. The Balaban J connectivity index is 2.71. The van der Waals surface area contributed by atoms with Crippen LogP contribution in [0, 0.1) is 6.58 Å². The van der Waals surface area contributed by atoms with Crippen molar-refractivity contribution in [2.45, 2.75) is 6.42 Å². The molecule has 0 aromatic rings. The Morgan fingerprint density at radius 2 is 2.44 bits per heavy atom. The molecule has 0 atom stereocenters. The van der Waals surface area contributed by atoms with Gasteiger partial charge in [0.05, 0.1) is 11.6 Å². The zero-order valence-corrected chi connectivity index (χ0v) is 5.17. The predicted molar refractivity (Wildman–Crippen MR) is 36.7 cm³/mol. The normalized spacial score (nSPS) is 17.8. The predicted octanol–water partition coefficient (Wildman–Crippen LogP) is 1.22. The first-order valence-corrected chi connectivity index (χ1v) is 2.94. The van der Waals surface area contributed by atoms with Gasteiger partial charge in [0.1, 0.15) is 6.61 Å². The SMILES string of the molecule is [CH+]=C1C=CCC=C1CO. The van der Waals surface area contributed by atoms with Crippen LogP contribution in [0.25, 0.3) is 0 Å². The van der Waals surface area contributed by atoms with Gasteiger partial charge in [0.2, 0.25) is 0 Å². The van der Waals surface area contributed by atoms with Crippen molar-refractivity contribution in [3.63, 3.8) is 0 Å². The van der Waals surface area contributed by atoms with E-state index in [1.54, 1.807) is 0 Å². The van der Waals surface area contributed by atoms with Gasteiger partial charge in [-0.3, -0.25) is 0 Å². The van der Waals surface area contributed by atoms with E-state index in [9.17, 15) is 0 Å². The van der Waals surface area contributed by atoms with Crippen molar-refractivity contribution in [2.24, 2.45) is 0 Å². The molecule has 0 amide bonds. The van der Waals surface area contributed by atoms with Crippen LogP contribution in [0.15, 0.2) is 29.4 Å². The van der Waals surface area contributed by atoms with Crippen LogP contribution in [-0.4, -0.2) is 11.7 Å². The Kier molecular flexibility index (Phi) is 1.78. The summed E-state index contributed by atoms with van der Waals surface area (Å²) >= 11 is 0. The summed E-state index contributed by atoms with van der Waals surface area (Å²) in [5.74, 6) is 0. The van der Waals surface area contributed by atoms with E-state index >= 15 is 0 Å². The molecule has 0 aliphatic heterocycles. The molecule has 9 heavy (non-hydrogen) atoms. The first kappa shape index (κ1) is 6.21. The molecule has 0 unspecified atom stereocenters. The van der Waals surface area contributed by atoms with Gasteiger partial charge in [-0.15, -0.1) is 0 Å². The Bertz CT molecular complexity index is 175. The second-order valence-corrected chi connectivity index (χ2v) is 1.98. The summed E-state index contributed by atoms with van der Waals surface area (Å²) in [7, 11) is 0. The Morgan fingerprint density at radius 3 is 2.89 bits per heavy atom. The molecule has 0 aromatic carbocycles. The molecule has 0 heterocycles. The van der Waals surface area contributed by atoms with Crippen molar-refractivity contribution in [2.75, 3.05) is 6.61 Å². The lowest BCUT2D eigenvalue weighted by Gasteiger charge is -1.96. The summed E-state index contributed by atoms with van der Waals surface area (Å²) in [6, 6.07) is 0. The first-order valence-electron chi connectivity index (χ1n) is 2.94. The average molecular weight is 121 g/mol. The highest BCUT2D eigenvalue weighted by Gasteiger charge is 2.10. The van der Waals surface area contributed by atoms with Crippen LogP contribution in [0.1, 0.15) is 6.42 Å². The molecule has 1 aliphatic rings. The quantitative estimate of drug-likeness (QED) is 0.517. The Morgan fingerprint density at radius 1 is 1.67 bits per heavy atom. The minimum absolute atomic E-state index is 0.0518. The smallest absolute Gasteiger partial charge is 0.185 e. The molecule has 1 rings (SSSR count). The molecule has 0 saturated carbocycles. The minimum Gasteiger partial charge on any atom is -0.379 e. The van der Waals surface area contributed by atoms with Gasteiger partial charge >= 0.3 is 0 Å². The van der Waals surface area contributed by atoms with Gasteiger partial charge < -0.3 is 5.11 Å². The first-order chi connectivity index (χ1) is 4.34. The second-order valence-electron chi connectivity index (χ2n) is 1.98. The van der Waals surface area contributed by atoms with Crippen LogP contribution in [0.4, 0.5) is 0 Å². The fourth-order valence-electron chi connectivity index (χ4n) is 0.786. The van der Waals surface area contributed by atoms with E-state index in [1.165, 1.54) is 0 Å². The van der Waals surface area contributed by atoms with E-state index in [2.05, 4.69) is 0 Å². The molecule has 0 saturated heterocycles. The summed E-state index contributed by atoms with van der Waals surface area (Å²) in [5.41, 5.74) is 1.53. The van der Waals surface area contributed by atoms with E-state index in [1.807, 2.05) is 18.2 Å². The van der Waals surface area contributed by atoms with Crippen molar-refractivity contribution in [1.29, 1.82) is 0 Å². The number of hydrogen-bond donors (Lipinski definition) is 1. The van der Waals surface area contributed by atoms with Gasteiger partial charge in [-0.05, 0) is 12.2 Å². The molecule has 0 aromatic heterocycles. The summed E-state index contributed by atoms with van der Waals surface area (Å²) in [6.07, 6.45) is 6.60. The van der Waals surface area contributed by atoms with Gasteiger partial charge in [0, 0.05) is 13.0 Å². The average Bonchev–Trinajstić information content (AvgIpc) is 1.89. The number of rotatable bonds is 1. The second kappa shape index (κ2) is 2.58. The molecular formula is C8H9O+. The molecule has 0 fully saturated rings. The number of aliphatic hydroxyl groups excluding tert-OH is 1. The zero-order valence-electron chi connectivity index (χ0n) is 5.17. The van der Waals surface area contributed by atoms with Gasteiger partial charge in [-0.25, -0.2) is 0 Å². The number of hydrogen-bond acceptors (Lipinski definition) is 1. The lowest BCUT2D eigenvalue weighted by Crippen LogP contribution is -1.94.